The minimum absolute atomic E-state index is 0.165. The highest BCUT2D eigenvalue weighted by atomic mass is 32.1. The van der Waals surface area contributed by atoms with E-state index >= 15 is 0 Å². The number of hydrogen-bond donors (Lipinski definition) is 2. The van der Waals surface area contributed by atoms with E-state index in [2.05, 4.69) is 11.9 Å². The minimum Gasteiger partial charge on any atom is -0.478 e. The van der Waals surface area contributed by atoms with Crippen molar-refractivity contribution in [3.8, 4) is 0 Å². The second kappa shape index (κ2) is 6.30. The molecule has 0 bridgehead atoms. The molecular formula is C15H22N2O3S. The Morgan fingerprint density at radius 3 is 2.38 bits per heavy atom. The van der Waals surface area contributed by atoms with Gasteiger partial charge in [0.05, 0.1) is 5.56 Å². The van der Waals surface area contributed by atoms with Crippen molar-refractivity contribution in [2.75, 3.05) is 11.9 Å². The van der Waals surface area contributed by atoms with E-state index in [1.54, 1.807) is 17.9 Å². The SMILES string of the molecule is C=CCN(C(=O)Nc1sc(C)c(C)c1C(=O)O)C(C)(C)C. The number of nitrogens with one attached hydrogen (secondary N) is 1. The number of aromatic carboxylic acids is 1. The van der Waals surface area contributed by atoms with Crippen LogP contribution in [0.4, 0.5) is 9.80 Å². The van der Waals surface area contributed by atoms with Crippen molar-refractivity contribution >= 4 is 28.3 Å². The van der Waals surface area contributed by atoms with Crippen molar-refractivity contribution in [3.05, 3.63) is 28.7 Å². The number of anilines is 1. The molecule has 0 saturated heterocycles. The second-order valence-electron chi connectivity index (χ2n) is 5.79. The van der Waals surface area contributed by atoms with Crippen LogP contribution in [-0.2, 0) is 0 Å². The molecule has 0 fully saturated rings. The van der Waals surface area contributed by atoms with Gasteiger partial charge in [0.15, 0.2) is 0 Å². The third-order valence-electron chi connectivity index (χ3n) is 3.19. The predicted molar refractivity (Wildman–Crippen MR) is 86.4 cm³/mol. The van der Waals surface area contributed by atoms with Gasteiger partial charge in [0, 0.05) is 17.0 Å². The third-order valence-corrected chi connectivity index (χ3v) is 4.31. The zero-order chi connectivity index (χ0) is 16.4. The van der Waals surface area contributed by atoms with Gasteiger partial charge >= 0.3 is 12.0 Å². The van der Waals surface area contributed by atoms with Gasteiger partial charge in [-0.2, -0.15) is 0 Å². The van der Waals surface area contributed by atoms with E-state index in [1.165, 1.54) is 11.3 Å². The molecule has 0 spiro atoms. The summed E-state index contributed by atoms with van der Waals surface area (Å²) in [5.74, 6) is -1.03. The fraction of sp³-hybridized carbons (Fsp3) is 0.467. The molecule has 1 aromatic heterocycles. The summed E-state index contributed by atoms with van der Waals surface area (Å²) in [6.45, 7) is 13.4. The number of carboxylic acids is 1. The lowest BCUT2D eigenvalue weighted by Gasteiger charge is -2.34. The van der Waals surface area contributed by atoms with E-state index < -0.39 is 5.97 Å². The van der Waals surface area contributed by atoms with E-state index in [0.717, 1.165) is 4.88 Å². The smallest absolute Gasteiger partial charge is 0.338 e. The summed E-state index contributed by atoms with van der Waals surface area (Å²) in [6.07, 6.45) is 1.65. The lowest BCUT2D eigenvalue weighted by Crippen LogP contribution is -2.47. The van der Waals surface area contributed by atoms with Crippen molar-refractivity contribution < 1.29 is 14.7 Å². The van der Waals surface area contributed by atoms with Gasteiger partial charge in [-0.05, 0) is 40.2 Å². The molecule has 0 aliphatic heterocycles. The molecule has 0 aliphatic rings. The molecule has 0 atom stereocenters. The molecule has 1 aromatic rings. The topological polar surface area (TPSA) is 69.6 Å². The Labute approximate surface area is 129 Å². The molecule has 5 nitrogen and oxygen atoms in total. The van der Waals surface area contributed by atoms with Gasteiger partial charge in [-0.25, -0.2) is 9.59 Å². The Balaban J connectivity index is 3.10. The minimum atomic E-state index is -1.03. The molecule has 1 heterocycles. The third kappa shape index (κ3) is 3.85. The normalized spacial score (nSPS) is 11.1. The molecule has 2 amide bonds. The van der Waals surface area contributed by atoms with Gasteiger partial charge in [-0.15, -0.1) is 17.9 Å². The molecule has 2 N–H and O–H groups in total. The van der Waals surface area contributed by atoms with E-state index in [4.69, 9.17) is 0 Å². The van der Waals surface area contributed by atoms with Gasteiger partial charge < -0.3 is 10.0 Å². The highest BCUT2D eigenvalue weighted by Crippen LogP contribution is 2.33. The van der Waals surface area contributed by atoms with Crippen LogP contribution in [-0.4, -0.2) is 34.1 Å². The van der Waals surface area contributed by atoms with Crippen LogP contribution in [0.15, 0.2) is 12.7 Å². The number of carboxylic acid groups (broad SMARTS) is 1. The molecule has 0 unspecified atom stereocenters. The fourth-order valence-corrected chi connectivity index (χ4v) is 2.97. The molecule has 0 radical (unpaired) electrons. The number of hydrogen-bond acceptors (Lipinski definition) is 3. The first kappa shape index (κ1) is 17.2. The lowest BCUT2D eigenvalue weighted by atomic mass is 10.1. The van der Waals surface area contributed by atoms with Gasteiger partial charge in [0.1, 0.15) is 5.00 Å². The van der Waals surface area contributed by atoms with Gasteiger partial charge in [-0.3, -0.25) is 5.32 Å². The van der Waals surface area contributed by atoms with E-state index in [9.17, 15) is 14.7 Å². The molecule has 6 heteroatoms. The van der Waals surface area contributed by atoms with Crippen molar-refractivity contribution in [2.45, 2.75) is 40.2 Å². The maximum Gasteiger partial charge on any atom is 0.338 e. The average molecular weight is 310 g/mol. The van der Waals surface area contributed by atoms with Gasteiger partial charge in [-0.1, -0.05) is 6.08 Å². The first-order valence-electron chi connectivity index (χ1n) is 6.62. The maximum absolute atomic E-state index is 12.4. The van der Waals surface area contributed by atoms with Crippen molar-refractivity contribution in [1.29, 1.82) is 0 Å². The van der Waals surface area contributed by atoms with Crippen LogP contribution in [0, 0.1) is 13.8 Å². The van der Waals surface area contributed by atoms with E-state index in [1.807, 2.05) is 27.7 Å². The zero-order valence-corrected chi connectivity index (χ0v) is 13.9. The molecule has 0 aliphatic carbocycles. The van der Waals surface area contributed by atoms with Crippen LogP contribution >= 0.6 is 11.3 Å². The molecule has 21 heavy (non-hydrogen) atoms. The van der Waals surface area contributed by atoms with Crippen LogP contribution in [0.1, 0.15) is 41.6 Å². The standard InChI is InChI=1S/C15H22N2O3S/c1-7-8-17(15(4,5)6)14(20)16-12-11(13(18)19)9(2)10(3)21-12/h7H,1,8H2,2-6H3,(H,16,20)(H,18,19). The van der Waals surface area contributed by atoms with Crippen LogP contribution in [0.25, 0.3) is 0 Å². The first-order chi connectivity index (χ1) is 9.59. The van der Waals surface area contributed by atoms with Crippen LogP contribution in [0.2, 0.25) is 0 Å². The summed E-state index contributed by atoms with van der Waals surface area (Å²) in [7, 11) is 0. The van der Waals surface area contributed by atoms with Crippen LogP contribution in [0.5, 0.6) is 0 Å². The highest BCUT2D eigenvalue weighted by Gasteiger charge is 2.27. The summed E-state index contributed by atoms with van der Waals surface area (Å²) in [4.78, 5) is 26.3. The number of thiophene rings is 1. The summed E-state index contributed by atoms with van der Waals surface area (Å²) in [5, 5.41) is 12.4. The van der Waals surface area contributed by atoms with E-state index in [-0.39, 0.29) is 17.1 Å². The number of urea groups is 1. The van der Waals surface area contributed by atoms with Crippen molar-refractivity contribution in [2.24, 2.45) is 0 Å². The fourth-order valence-electron chi connectivity index (χ4n) is 1.93. The quantitative estimate of drug-likeness (QED) is 0.829. The summed E-state index contributed by atoms with van der Waals surface area (Å²) in [6, 6.07) is -0.328. The molecule has 0 aromatic carbocycles. The summed E-state index contributed by atoms with van der Waals surface area (Å²) < 4.78 is 0. The van der Waals surface area contributed by atoms with Gasteiger partial charge in [0.2, 0.25) is 0 Å². The summed E-state index contributed by atoms with van der Waals surface area (Å²) >= 11 is 1.28. The predicted octanol–water partition coefficient (Wildman–Crippen LogP) is 3.88. The number of carbonyl (C=O) groups excluding carboxylic acids is 1. The Morgan fingerprint density at radius 1 is 1.38 bits per heavy atom. The van der Waals surface area contributed by atoms with Crippen LogP contribution < -0.4 is 5.32 Å². The number of aryl methyl sites for hydroxylation is 1. The van der Waals surface area contributed by atoms with Gasteiger partial charge in [0.25, 0.3) is 0 Å². The average Bonchev–Trinajstić information content (AvgIpc) is 2.60. The van der Waals surface area contributed by atoms with Crippen molar-refractivity contribution in [1.82, 2.24) is 4.90 Å². The second-order valence-corrected chi connectivity index (χ2v) is 7.02. The van der Waals surface area contributed by atoms with Crippen LogP contribution in [0.3, 0.4) is 0 Å². The molecule has 116 valence electrons. The Morgan fingerprint density at radius 2 is 1.95 bits per heavy atom. The maximum atomic E-state index is 12.4. The summed E-state index contributed by atoms with van der Waals surface area (Å²) in [5.41, 5.74) is 0.468. The molecular weight excluding hydrogens is 288 g/mol. The largest absolute Gasteiger partial charge is 0.478 e. The molecule has 1 rings (SSSR count). The Hall–Kier alpha value is -1.82. The Kier molecular flexibility index (Phi) is 5.17. The monoisotopic (exact) mass is 310 g/mol. The number of amides is 2. The number of rotatable bonds is 4. The first-order valence-corrected chi connectivity index (χ1v) is 7.44. The number of nitrogens with zero attached hydrogens (tertiary/aromatic N) is 1. The number of carbonyl (C=O) groups is 2. The van der Waals surface area contributed by atoms with E-state index in [0.29, 0.717) is 17.1 Å². The van der Waals surface area contributed by atoms with Crippen molar-refractivity contribution in [3.63, 3.8) is 0 Å². The highest BCUT2D eigenvalue weighted by molar-refractivity contribution is 7.16. The Bertz CT molecular complexity index is 570. The molecule has 0 saturated carbocycles. The zero-order valence-electron chi connectivity index (χ0n) is 13.1. The lowest BCUT2D eigenvalue weighted by molar-refractivity contribution is 0.0697.